The van der Waals surface area contributed by atoms with E-state index in [1.54, 1.807) is 7.11 Å². The summed E-state index contributed by atoms with van der Waals surface area (Å²) in [5.41, 5.74) is 7.63. The minimum Gasteiger partial charge on any atom is -0.497 e. The summed E-state index contributed by atoms with van der Waals surface area (Å²) in [5.74, 6) is 3.22. The van der Waals surface area contributed by atoms with Crippen LogP contribution in [0.25, 0.3) is 0 Å². The van der Waals surface area contributed by atoms with Crippen molar-refractivity contribution in [2.24, 2.45) is 5.73 Å². The van der Waals surface area contributed by atoms with Crippen molar-refractivity contribution in [3.8, 4) is 5.75 Å². The van der Waals surface area contributed by atoms with Gasteiger partial charge in [-0.05, 0) is 37.2 Å². The van der Waals surface area contributed by atoms with E-state index in [-0.39, 0.29) is 6.04 Å². The normalized spacial score (nSPS) is 22.2. The van der Waals surface area contributed by atoms with Gasteiger partial charge in [0, 0.05) is 34.6 Å². The second-order valence-electron chi connectivity index (χ2n) is 4.95. The Morgan fingerprint density at radius 2 is 2.37 bits per heavy atom. The summed E-state index contributed by atoms with van der Waals surface area (Å²) in [4.78, 5) is 2.38. The molecule has 1 fully saturated rings. The summed E-state index contributed by atoms with van der Waals surface area (Å²) in [6.07, 6.45) is 0.868. The van der Waals surface area contributed by atoms with E-state index in [1.165, 1.54) is 11.3 Å². The SMILES string of the molecule is COc1ccc(Br)c(CC(N)C2CSCCN2C)c1. The van der Waals surface area contributed by atoms with Crippen LogP contribution in [0.4, 0.5) is 0 Å². The highest BCUT2D eigenvalue weighted by molar-refractivity contribution is 9.10. The predicted molar refractivity (Wildman–Crippen MR) is 86.1 cm³/mol. The average Bonchev–Trinajstić information content (AvgIpc) is 2.41. The molecule has 19 heavy (non-hydrogen) atoms. The van der Waals surface area contributed by atoms with Gasteiger partial charge in [-0.15, -0.1) is 0 Å². The summed E-state index contributed by atoms with van der Waals surface area (Å²) in [7, 11) is 3.86. The Kier molecular flexibility index (Phi) is 5.57. The van der Waals surface area contributed by atoms with Gasteiger partial charge in [-0.3, -0.25) is 0 Å². The van der Waals surface area contributed by atoms with Crippen LogP contribution < -0.4 is 10.5 Å². The topological polar surface area (TPSA) is 38.5 Å². The van der Waals surface area contributed by atoms with Crippen LogP contribution in [0.2, 0.25) is 0 Å². The van der Waals surface area contributed by atoms with Gasteiger partial charge in [-0.1, -0.05) is 15.9 Å². The summed E-state index contributed by atoms with van der Waals surface area (Å²) in [6, 6.07) is 6.67. The second-order valence-corrected chi connectivity index (χ2v) is 6.95. The number of halogens is 1. The maximum Gasteiger partial charge on any atom is 0.119 e. The molecule has 0 bridgehead atoms. The number of benzene rings is 1. The third-order valence-electron chi connectivity index (χ3n) is 3.65. The number of methoxy groups -OCH3 is 1. The fourth-order valence-electron chi connectivity index (χ4n) is 2.38. The Balaban J connectivity index is 2.07. The molecule has 106 valence electrons. The smallest absolute Gasteiger partial charge is 0.119 e. The predicted octanol–water partition coefficient (Wildman–Crippen LogP) is 2.37. The lowest BCUT2D eigenvalue weighted by atomic mass is 10.00. The van der Waals surface area contributed by atoms with E-state index in [4.69, 9.17) is 10.5 Å². The maximum atomic E-state index is 6.41. The highest BCUT2D eigenvalue weighted by atomic mass is 79.9. The molecule has 1 aromatic carbocycles. The first-order valence-electron chi connectivity index (χ1n) is 6.48. The molecule has 1 heterocycles. The number of ether oxygens (including phenoxy) is 1. The highest BCUT2D eigenvalue weighted by Gasteiger charge is 2.26. The first kappa shape index (κ1) is 15.2. The average molecular weight is 345 g/mol. The number of nitrogens with zero attached hydrogens (tertiary/aromatic N) is 1. The van der Waals surface area contributed by atoms with Crippen LogP contribution in [-0.2, 0) is 6.42 Å². The van der Waals surface area contributed by atoms with E-state index < -0.39 is 0 Å². The van der Waals surface area contributed by atoms with E-state index in [1.807, 2.05) is 23.9 Å². The molecule has 1 aliphatic heterocycles. The van der Waals surface area contributed by atoms with E-state index >= 15 is 0 Å². The second kappa shape index (κ2) is 6.97. The Bertz CT molecular complexity index is 430. The number of likely N-dealkylation sites (N-methyl/N-ethyl adjacent to an activating group) is 1. The molecule has 0 amide bonds. The Morgan fingerprint density at radius 3 is 3.05 bits per heavy atom. The fraction of sp³-hybridized carbons (Fsp3) is 0.571. The summed E-state index contributed by atoms with van der Waals surface area (Å²) in [5, 5.41) is 0. The standard InChI is InChI=1S/C14H21BrN2OS/c1-17-5-6-19-9-14(17)13(16)8-10-7-11(18-2)3-4-12(10)15/h3-4,7,13-14H,5-6,8-9,16H2,1-2H3. The summed E-state index contributed by atoms with van der Waals surface area (Å²) >= 11 is 5.60. The number of hydrogen-bond donors (Lipinski definition) is 1. The first-order chi connectivity index (χ1) is 9.11. The first-order valence-corrected chi connectivity index (χ1v) is 8.42. The van der Waals surface area contributed by atoms with Crippen molar-refractivity contribution in [2.75, 3.05) is 32.2 Å². The number of rotatable bonds is 4. The molecule has 0 spiro atoms. The lowest BCUT2D eigenvalue weighted by Gasteiger charge is -2.36. The summed E-state index contributed by atoms with van der Waals surface area (Å²) < 4.78 is 6.39. The molecule has 0 radical (unpaired) electrons. The zero-order valence-corrected chi connectivity index (χ0v) is 13.8. The Hall–Kier alpha value is -0.230. The van der Waals surface area contributed by atoms with Crippen LogP contribution in [0.3, 0.4) is 0 Å². The molecule has 0 aliphatic carbocycles. The van der Waals surface area contributed by atoms with Crippen molar-refractivity contribution >= 4 is 27.7 Å². The molecular weight excluding hydrogens is 324 g/mol. The molecule has 1 aliphatic rings. The molecule has 1 aromatic rings. The highest BCUT2D eigenvalue weighted by Crippen LogP contribution is 2.25. The third-order valence-corrected chi connectivity index (χ3v) is 5.47. The van der Waals surface area contributed by atoms with E-state index in [9.17, 15) is 0 Å². The molecule has 2 atom stereocenters. The maximum absolute atomic E-state index is 6.41. The molecule has 5 heteroatoms. The third kappa shape index (κ3) is 3.88. The number of hydrogen-bond acceptors (Lipinski definition) is 4. The Morgan fingerprint density at radius 1 is 1.58 bits per heavy atom. The molecule has 0 saturated carbocycles. The molecule has 2 N–H and O–H groups in total. The van der Waals surface area contributed by atoms with Gasteiger partial charge in [-0.2, -0.15) is 11.8 Å². The molecule has 2 rings (SSSR count). The number of thioether (sulfide) groups is 1. The minimum absolute atomic E-state index is 0.154. The zero-order chi connectivity index (χ0) is 13.8. The summed E-state index contributed by atoms with van der Waals surface area (Å²) in [6.45, 7) is 1.13. The molecule has 1 saturated heterocycles. The molecule has 0 aromatic heterocycles. The van der Waals surface area contributed by atoms with Crippen LogP contribution in [0.1, 0.15) is 5.56 Å². The molecular formula is C14H21BrN2OS. The largest absolute Gasteiger partial charge is 0.497 e. The van der Waals surface area contributed by atoms with Crippen LogP contribution >= 0.6 is 27.7 Å². The van der Waals surface area contributed by atoms with E-state index in [2.05, 4.69) is 33.9 Å². The van der Waals surface area contributed by atoms with Gasteiger partial charge < -0.3 is 15.4 Å². The van der Waals surface area contributed by atoms with Gasteiger partial charge in [0.05, 0.1) is 7.11 Å². The van der Waals surface area contributed by atoms with Gasteiger partial charge in [0.15, 0.2) is 0 Å². The van der Waals surface area contributed by atoms with Crippen LogP contribution in [0, 0.1) is 0 Å². The molecule has 3 nitrogen and oxygen atoms in total. The fourth-order valence-corrected chi connectivity index (χ4v) is 4.12. The van der Waals surface area contributed by atoms with Crippen molar-refractivity contribution in [1.29, 1.82) is 0 Å². The number of nitrogens with two attached hydrogens (primary N) is 1. The van der Waals surface area contributed by atoms with Crippen LogP contribution in [-0.4, -0.2) is 49.2 Å². The van der Waals surface area contributed by atoms with Gasteiger partial charge in [0.2, 0.25) is 0 Å². The minimum atomic E-state index is 0.154. The van der Waals surface area contributed by atoms with E-state index in [0.717, 1.165) is 28.9 Å². The lowest BCUT2D eigenvalue weighted by molar-refractivity contribution is 0.235. The Labute approximate surface area is 128 Å². The van der Waals surface area contributed by atoms with Crippen molar-refractivity contribution < 1.29 is 4.74 Å². The van der Waals surface area contributed by atoms with Gasteiger partial charge in [-0.25, -0.2) is 0 Å². The van der Waals surface area contributed by atoms with Gasteiger partial charge >= 0.3 is 0 Å². The van der Waals surface area contributed by atoms with Gasteiger partial charge in [0.25, 0.3) is 0 Å². The van der Waals surface area contributed by atoms with E-state index in [0.29, 0.717) is 6.04 Å². The van der Waals surface area contributed by atoms with Crippen molar-refractivity contribution in [2.45, 2.75) is 18.5 Å². The quantitative estimate of drug-likeness (QED) is 0.909. The van der Waals surface area contributed by atoms with Crippen LogP contribution in [0.15, 0.2) is 22.7 Å². The lowest BCUT2D eigenvalue weighted by Crippen LogP contribution is -2.51. The van der Waals surface area contributed by atoms with Crippen molar-refractivity contribution in [1.82, 2.24) is 4.90 Å². The zero-order valence-electron chi connectivity index (χ0n) is 11.4. The van der Waals surface area contributed by atoms with Crippen LogP contribution in [0.5, 0.6) is 5.75 Å². The van der Waals surface area contributed by atoms with Crippen molar-refractivity contribution in [3.63, 3.8) is 0 Å². The van der Waals surface area contributed by atoms with Gasteiger partial charge in [0.1, 0.15) is 5.75 Å². The monoisotopic (exact) mass is 344 g/mol. The van der Waals surface area contributed by atoms with Crippen molar-refractivity contribution in [3.05, 3.63) is 28.2 Å². The molecule has 2 unspecified atom stereocenters.